The van der Waals surface area contributed by atoms with Gasteiger partial charge >= 0.3 is 6.16 Å². The van der Waals surface area contributed by atoms with Crippen molar-refractivity contribution in [1.29, 1.82) is 0 Å². The molecule has 5 nitrogen and oxygen atoms in total. The second-order valence-corrected chi connectivity index (χ2v) is 5.15. The van der Waals surface area contributed by atoms with Gasteiger partial charge in [0.25, 0.3) is 0 Å². The van der Waals surface area contributed by atoms with Gasteiger partial charge in [-0.05, 0) is 28.9 Å². The summed E-state index contributed by atoms with van der Waals surface area (Å²) in [7, 11) is 1.97. The Bertz CT molecular complexity index is 804. The fourth-order valence-electron chi connectivity index (χ4n) is 2.35. The van der Waals surface area contributed by atoms with Gasteiger partial charge in [0.05, 0.1) is 23.2 Å². The van der Waals surface area contributed by atoms with Gasteiger partial charge in [-0.2, -0.15) is 0 Å². The van der Waals surface area contributed by atoms with Gasteiger partial charge < -0.3 is 19.0 Å². The van der Waals surface area contributed by atoms with Crippen molar-refractivity contribution in [3.05, 3.63) is 28.7 Å². The van der Waals surface area contributed by atoms with E-state index in [1.807, 2.05) is 35.9 Å². The zero-order valence-electron chi connectivity index (χ0n) is 11.1. The van der Waals surface area contributed by atoms with Crippen LogP contribution in [0, 0.1) is 0 Å². The molecule has 0 spiro atoms. The summed E-state index contributed by atoms with van der Waals surface area (Å²) in [6.45, 7) is 2.01. The van der Waals surface area contributed by atoms with Gasteiger partial charge in [0.15, 0.2) is 0 Å². The fourth-order valence-corrected chi connectivity index (χ4v) is 3.00. The molecule has 2 heterocycles. The summed E-state index contributed by atoms with van der Waals surface area (Å²) in [6.07, 6.45) is -0.718. The zero-order chi connectivity index (χ0) is 14.3. The van der Waals surface area contributed by atoms with Crippen LogP contribution in [0.15, 0.2) is 28.7 Å². The van der Waals surface area contributed by atoms with Crippen LogP contribution in [0.2, 0.25) is 0 Å². The van der Waals surface area contributed by atoms with Crippen LogP contribution in [0.5, 0.6) is 5.88 Å². The van der Waals surface area contributed by atoms with Gasteiger partial charge in [0, 0.05) is 12.4 Å². The highest BCUT2D eigenvalue weighted by Gasteiger charge is 2.19. The van der Waals surface area contributed by atoms with E-state index in [4.69, 9.17) is 9.47 Å². The summed E-state index contributed by atoms with van der Waals surface area (Å²) < 4.78 is 12.7. The molecule has 1 aromatic carbocycles. The molecule has 3 aromatic rings. The van der Waals surface area contributed by atoms with Crippen LogP contribution in [-0.4, -0.2) is 22.3 Å². The molecule has 6 heteroatoms. The van der Waals surface area contributed by atoms with E-state index in [1.165, 1.54) is 0 Å². The van der Waals surface area contributed by atoms with E-state index < -0.39 is 6.16 Å². The Morgan fingerprint density at radius 3 is 2.90 bits per heavy atom. The first-order valence-electron chi connectivity index (χ1n) is 6.22. The van der Waals surface area contributed by atoms with E-state index in [0.29, 0.717) is 10.4 Å². The molecule has 3 rings (SSSR count). The Balaban J connectivity index is 2.16. The highest BCUT2D eigenvalue weighted by molar-refractivity contribution is 9.10. The highest BCUT2D eigenvalue weighted by Crippen LogP contribution is 2.38. The number of nitrogens with one attached hydrogen (secondary N) is 1. The molecule has 0 radical (unpaired) electrons. The maximum atomic E-state index is 11.4. The smallest absolute Gasteiger partial charge is 0.434 e. The third kappa shape index (κ3) is 1.87. The third-order valence-corrected chi connectivity index (χ3v) is 3.94. The molecule has 0 bridgehead atoms. The number of fused-ring (bicyclic) bond motifs is 3. The molecule has 0 fully saturated rings. The van der Waals surface area contributed by atoms with Gasteiger partial charge in [0.1, 0.15) is 4.47 Å². The third-order valence-electron chi connectivity index (χ3n) is 3.20. The lowest BCUT2D eigenvalue weighted by Gasteiger charge is -2.03. The number of carbonyl (C=O) groups excluding carboxylic acids is 1. The lowest BCUT2D eigenvalue weighted by Crippen LogP contribution is -2.10. The number of halogens is 1. The standard InChI is InChI=1S/C14H13BrN2O3/c1-3-19-14(18)20-13-10(15)12-11(16-13)8-6-4-5-7-9(8)17(12)2/h4-7,16H,3H2,1-2H3. The first kappa shape index (κ1) is 13.1. The van der Waals surface area contributed by atoms with Crippen LogP contribution in [0.3, 0.4) is 0 Å². The van der Waals surface area contributed by atoms with E-state index in [0.717, 1.165) is 21.9 Å². The Morgan fingerprint density at radius 2 is 2.15 bits per heavy atom. The number of aryl methyl sites for hydroxylation is 1. The molecule has 0 aliphatic carbocycles. The lowest BCUT2D eigenvalue weighted by atomic mass is 10.2. The summed E-state index contributed by atoms with van der Waals surface area (Å²) in [5.41, 5.74) is 2.98. The van der Waals surface area contributed by atoms with Crippen LogP contribution in [-0.2, 0) is 11.8 Å². The number of carbonyl (C=O) groups is 1. The Morgan fingerprint density at radius 1 is 1.40 bits per heavy atom. The maximum Gasteiger partial charge on any atom is 0.515 e. The lowest BCUT2D eigenvalue weighted by molar-refractivity contribution is 0.103. The summed E-state index contributed by atoms with van der Waals surface area (Å²) in [4.78, 5) is 14.5. The molecule has 0 saturated heterocycles. The number of benzene rings is 1. The predicted octanol–water partition coefficient (Wildman–Crippen LogP) is 3.96. The molecule has 0 amide bonds. The topological polar surface area (TPSA) is 56.2 Å². The van der Waals surface area contributed by atoms with Gasteiger partial charge in [0.2, 0.25) is 5.88 Å². The Labute approximate surface area is 123 Å². The van der Waals surface area contributed by atoms with Gasteiger partial charge in [-0.1, -0.05) is 18.2 Å². The molecule has 0 aliphatic heterocycles. The molecule has 2 aromatic heterocycles. The Kier molecular flexibility index (Phi) is 3.17. The van der Waals surface area contributed by atoms with Crippen LogP contribution in [0.25, 0.3) is 21.9 Å². The molecular formula is C14H13BrN2O3. The number of hydrogen-bond acceptors (Lipinski definition) is 3. The zero-order valence-corrected chi connectivity index (χ0v) is 12.7. The number of rotatable bonds is 2. The number of H-pyrrole nitrogens is 1. The number of ether oxygens (including phenoxy) is 2. The minimum Gasteiger partial charge on any atom is -0.434 e. The molecular weight excluding hydrogens is 324 g/mol. The van der Waals surface area contributed by atoms with Gasteiger partial charge in [-0.15, -0.1) is 0 Å². The van der Waals surface area contributed by atoms with Crippen LogP contribution in [0.4, 0.5) is 4.79 Å². The van der Waals surface area contributed by atoms with Crippen molar-refractivity contribution in [3.8, 4) is 5.88 Å². The first-order valence-corrected chi connectivity index (χ1v) is 7.02. The van der Waals surface area contributed by atoms with Crippen LogP contribution in [0.1, 0.15) is 6.92 Å². The minimum atomic E-state index is -0.718. The van der Waals surface area contributed by atoms with Crippen molar-refractivity contribution in [2.75, 3.05) is 6.61 Å². The fraction of sp³-hybridized carbons (Fsp3) is 0.214. The highest BCUT2D eigenvalue weighted by atomic mass is 79.9. The molecule has 104 valence electrons. The van der Waals surface area contributed by atoms with E-state index in [9.17, 15) is 4.79 Å². The predicted molar refractivity (Wildman–Crippen MR) is 80.1 cm³/mol. The SMILES string of the molecule is CCOC(=O)Oc1[nH]c2c3ccccc3n(C)c2c1Br. The van der Waals surface area contributed by atoms with E-state index in [-0.39, 0.29) is 6.61 Å². The van der Waals surface area contributed by atoms with Gasteiger partial charge in [-0.3, -0.25) is 0 Å². The van der Waals surface area contributed by atoms with E-state index >= 15 is 0 Å². The van der Waals surface area contributed by atoms with Crippen molar-refractivity contribution in [2.45, 2.75) is 6.92 Å². The maximum absolute atomic E-state index is 11.4. The Hall–Kier alpha value is -1.95. The van der Waals surface area contributed by atoms with E-state index in [2.05, 4.69) is 20.9 Å². The van der Waals surface area contributed by atoms with Crippen molar-refractivity contribution < 1.29 is 14.3 Å². The second-order valence-electron chi connectivity index (χ2n) is 4.35. The van der Waals surface area contributed by atoms with Crippen LogP contribution < -0.4 is 4.74 Å². The van der Waals surface area contributed by atoms with E-state index in [1.54, 1.807) is 6.92 Å². The molecule has 0 atom stereocenters. The number of aromatic nitrogens is 2. The van der Waals surface area contributed by atoms with Crippen LogP contribution >= 0.6 is 15.9 Å². The first-order chi connectivity index (χ1) is 9.63. The number of hydrogen-bond donors (Lipinski definition) is 1. The number of aromatic amines is 1. The number of para-hydroxylation sites is 1. The average molecular weight is 337 g/mol. The van der Waals surface area contributed by atoms with Crippen molar-refractivity contribution >= 4 is 44.0 Å². The monoisotopic (exact) mass is 336 g/mol. The molecule has 20 heavy (non-hydrogen) atoms. The summed E-state index contributed by atoms with van der Waals surface area (Å²) in [6, 6.07) is 8.03. The molecule has 1 N–H and O–H groups in total. The van der Waals surface area contributed by atoms with Crippen molar-refractivity contribution in [3.63, 3.8) is 0 Å². The average Bonchev–Trinajstić information content (AvgIpc) is 2.89. The quantitative estimate of drug-likeness (QED) is 0.720. The van der Waals surface area contributed by atoms with Gasteiger partial charge in [-0.25, -0.2) is 4.79 Å². The largest absolute Gasteiger partial charge is 0.515 e. The van der Waals surface area contributed by atoms with Crippen molar-refractivity contribution in [1.82, 2.24) is 9.55 Å². The summed E-state index contributed by atoms with van der Waals surface area (Å²) >= 11 is 3.48. The van der Waals surface area contributed by atoms with Crippen molar-refractivity contribution in [2.24, 2.45) is 7.05 Å². The summed E-state index contributed by atoms with van der Waals surface area (Å²) in [5.74, 6) is 0.356. The molecule has 0 saturated carbocycles. The second kappa shape index (κ2) is 4.86. The minimum absolute atomic E-state index is 0.277. The summed E-state index contributed by atoms with van der Waals surface area (Å²) in [5, 5.41) is 1.07. The normalized spacial score (nSPS) is 11.2. The number of nitrogens with zero attached hydrogens (tertiary/aromatic N) is 1. The molecule has 0 unspecified atom stereocenters. The molecule has 0 aliphatic rings.